The SMILES string of the molecule is Cl.Cl.Cl.Cl.NCCN1CCN(CCN)C(c2ccc(F)cc2)C1. The van der Waals surface area contributed by atoms with Crippen LogP contribution in [0.15, 0.2) is 24.3 Å². The third-order valence-electron chi connectivity index (χ3n) is 3.69. The Kier molecular flexibility index (Phi) is 17.6. The van der Waals surface area contributed by atoms with E-state index in [0.717, 1.165) is 38.3 Å². The molecule has 23 heavy (non-hydrogen) atoms. The van der Waals surface area contributed by atoms with Crippen molar-refractivity contribution in [1.29, 1.82) is 0 Å². The van der Waals surface area contributed by atoms with Crippen LogP contribution in [0.5, 0.6) is 0 Å². The molecule has 1 fully saturated rings. The van der Waals surface area contributed by atoms with E-state index in [9.17, 15) is 4.39 Å². The Bertz CT molecular complexity index is 397. The molecule has 4 nitrogen and oxygen atoms in total. The number of nitrogens with two attached hydrogens (primary N) is 2. The number of piperazine rings is 1. The molecule has 0 aliphatic carbocycles. The number of rotatable bonds is 5. The third-order valence-corrected chi connectivity index (χ3v) is 3.69. The second-order valence-electron chi connectivity index (χ2n) is 4.98. The Morgan fingerprint density at radius 1 is 0.913 bits per heavy atom. The zero-order valence-electron chi connectivity index (χ0n) is 12.9. The van der Waals surface area contributed by atoms with Crippen LogP contribution in [0.1, 0.15) is 11.6 Å². The first kappa shape index (κ1) is 28.0. The molecule has 4 N–H and O–H groups in total. The number of nitrogens with zero attached hydrogens (tertiary/aromatic N) is 2. The molecule has 1 aliphatic heterocycles. The quantitative estimate of drug-likeness (QED) is 0.778. The van der Waals surface area contributed by atoms with Gasteiger partial charge in [0.2, 0.25) is 0 Å². The predicted octanol–water partition coefficient (Wildman–Crippen LogP) is 2.09. The molecule has 0 bridgehead atoms. The number of hydrogen-bond acceptors (Lipinski definition) is 4. The lowest BCUT2D eigenvalue weighted by molar-refractivity contribution is 0.0784. The van der Waals surface area contributed by atoms with Crippen molar-refractivity contribution in [3.05, 3.63) is 35.6 Å². The number of hydrogen-bond donors (Lipinski definition) is 2. The molecule has 0 spiro atoms. The van der Waals surface area contributed by atoms with E-state index in [2.05, 4.69) is 9.80 Å². The lowest BCUT2D eigenvalue weighted by Crippen LogP contribution is -2.50. The van der Waals surface area contributed by atoms with Crippen LogP contribution in [0, 0.1) is 5.82 Å². The van der Waals surface area contributed by atoms with Gasteiger partial charge in [0.15, 0.2) is 0 Å². The maximum absolute atomic E-state index is 13.0. The van der Waals surface area contributed by atoms with Gasteiger partial charge in [-0.25, -0.2) is 4.39 Å². The molecule has 138 valence electrons. The summed E-state index contributed by atoms with van der Waals surface area (Å²) in [5.41, 5.74) is 12.5. The fraction of sp³-hybridized carbons (Fsp3) is 0.571. The molecular weight excluding hydrogens is 385 g/mol. The van der Waals surface area contributed by atoms with Gasteiger partial charge in [-0.15, -0.1) is 49.6 Å². The summed E-state index contributed by atoms with van der Waals surface area (Å²) in [6.45, 7) is 6.05. The Balaban J connectivity index is -0.000001000. The molecule has 1 heterocycles. The van der Waals surface area contributed by atoms with E-state index < -0.39 is 0 Å². The molecule has 1 aromatic carbocycles. The third kappa shape index (κ3) is 8.18. The molecule has 0 radical (unpaired) electrons. The Labute approximate surface area is 162 Å². The van der Waals surface area contributed by atoms with Crippen molar-refractivity contribution in [3.8, 4) is 0 Å². The minimum Gasteiger partial charge on any atom is -0.329 e. The van der Waals surface area contributed by atoms with E-state index in [1.54, 1.807) is 0 Å². The van der Waals surface area contributed by atoms with Crippen molar-refractivity contribution in [2.75, 3.05) is 45.8 Å². The highest BCUT2D eigenvalue weighted by Crippen LogP contribution is 2.25. The van der Waals surface area contributed by atoms with Gasteiger partial charge in [0.1, 0.15) is 5.82 Å². The molecule has 0 amide bonds. The first-order chi connectivity index (χ1) is 9.24. The molecule has 1 unspecified atom stereocenters. The molecule has 1 saturated heterocycles. The average Bonchev–Trinajstić information content (AvgIpc) is 2.42. The van der Waals surface area contributed by atoms with Gasteiger partial charge in [-0.3, -0.25) is 9.80 Å². The summed E-state index contributed by atoms with van der Waals surface area (Å²) in [6.07, 6.45) is 0. The van der Waals surface area contributed by atoms with E-state index in [1.165, 1.54) is 12.1 Å². The fourth-order valence-electron chi connectivity index (χ4n) is 2.70. The van der Waals surface area contributed by atoms with Crippen LogP contribution in [-0.4, -0.2) is 55.6 Å². The Morgan fingerprint density at radius 3 is 2.00 bits per heavy atom. The minimum absolute atomic E-state index is 0. The van der Waals surface area contributed by atoms with E-state index >= 15 is 0 Å². The van der Waals surface area contributed by atoms with E-state index in [0.29, 0.717) is 13.1 Å². The van der Waals surface area contributed by atoms with E-state index in [1.807, 2.05) is 12.1 Å². The van der Waals surface area contributed by atoms with E-state index in [-0.39, 0.29) is 61.5 Å². The zero-order valence-corrected chi connectivity index (χ0v) is 16.2. The van der Waals surface area contributed by atoms with Crippen molar-refractivity contribution in [1.82, 2.24) is 9.80 Å². The smallest absolute Gasteiger partial charge is 0.123 e. The van der Waals surface area contributed by atoms with Gasteiger partial charge in [0, 0.05) is 51.9 Å². The molecule has 1 aromatic rings. The standard InChI is InChI=1S/C14H23FN4.4ClH/c15-13-3-1-12(2-4-13)14-11-18(7-5-16)9-10-19(14)8-6-17;;;;/h1-4,14H,5-11,16-17H2;4*1H. The molecule has 2 rings (SSSR count). The van der Waals surface area contributed by atoms with Gasteiger partial charge >= 0.3 is 0 Å². The van der Waals surface area contributed by atoms with Crippen LogP contribution < -0.4 is 11.5 Å². The molecule has 9 heteroatoms. The van der Waals surface area contributed by atoms with Crippen LogP contribution in [0.2, 0.25) is 0 Å². The van der Waals surface area contributed by atoms with Crippen LogP contribution >= 0.6 is 49.6 Å². The van der Waals surface area contributed by atoms with E-state index in [4.69, 9.17) is 11.5 Å². The maximum Gasteiger partial charge on any atom is 0.123 e. The van der Waals surface area contributed by atoms with Crippen molar-refractivity contribution in [3.63, 3.8) is 0 Å². The largest absolute Gasteiger partial charge is 0.329 e. The lowest BCUT2D eigenvalue weighted by Gasteiger charge is -2.41. The maximum atomic E-state index is 13.0. The summed E-state index contributed by atoms with van der Waals surface area (Å²) in [5, 5.41) is 0. The van der Waals surface area contributed by atoms with Crippen LogP contribution in [0.4, 0.5) is 4.39 Å². The summed E-state index contributed by atoms with van der Waals surface area (Å²) >= 11 is 0. The summed E-state index contributed by atoms with van der Waals surface area (Å²) in [7, 11) is 0. The predicted molar refractivity (Wildman–Crippen MR) is 104 cm³/mol. The number of halogens is 5. The average molecular weight is 412 g/mol. The van der Waals surface area contributed by atoms with Gasteiger partial charge in [-0.2, -0.15) is 0 Å². The Morgan fingerprint density at radius 2 is 1.48 bits per heavy atom. The number of benzene rings is 1. The Hall–Kier alpha value is 0.150. The first-order valence-electron chi connectivity index (χ1n) is 6.86. The van der Waals surface area contributed by atoms with Crippen molar-refractivity contribution < 1.29 is 4.39 Å². The van der Waals surface area contributed by atoms with Gasteiger partial charge in [0.05, 0.1) is 0 Å². The second-order valence-corrected chi connectivity index (χ2v) is 4.98. The summed E-state index contributed by atoms with van der Waals surface area (Å²) < 4.78 is 13.0. The highest BCUT2D eigenvalue weighted by molar-refractivity contribution is 5.86. The molecule has 0 saturated carbocycles. The van der Waals surface area contributed by atoms with Gasteiger partial charge < -0.3 is 11.5 Å². The van der Waals surface area contributed by atoms with Gasteiger partial charge in [-0.1, -0.05) is 12.1 Å². The van der Waals surface area contributed by atoms with Crippen LogP contribution in [0.3, 0.4) is 0 Å². The summed E-state index contributed by atoms with van der Waals surface area (Å²) in [4.78, 5) is 4.74. The van der Waals surface area contributed by atoms with Crippen molar-refractivity contribution in [2.24, 2.45) is 11.5 Å². The topological polar surface area (TPSA) is 58.5 Å². The normalized spacial score (nSPS) is 18.0. The highest BCUT2D eigenvalue weighted by atomic mass is 35.5. The first-order valence-corrected chi connectivity index (χ1v) is 6.86. The van der Waals surface area contributed by atoms with Gasteiger partial charge in [0.25, 0.3) is 0 Å². The van der Waals surface area contributed by atoms with Crippen LogP contribution in [0.25, 0.3) is 0 Å². The second kappa shape index (κ2) is 14.5. The summed E-state index contributed by atoms with van der Waals surface area (Å²) in [5.74, 6) is -0.191. The van der Waals surface area contributed by atoms with Gasteiger partial charge in [-0.05, 0) is 17.7 Å². The molecular formula is C14H27Cl4FN4. The molecule has 1 aliphatic rings. The molecule has 1 atom stereocenters. The zero-order chi connectivity index (χ0) is 13.7. The highest BCUT2D eigenvalue weighted by Gasteiger charge is 2.27. The van der Waals surface area contributed by atoms with Crippen LogP contribution in [-0.2, 0) is 0 Å². The minimum atomic E-state index is -0.191. The fourth-order valence-corrected chi connectivity index (χ4v) is 2.70. The monoisotopic (exact) mass is 410 g/mol. The van der Waals surface area contributed by atoms with Crippen molar-refractivity contribution in [2.45, 2.75) is 6.04 Å². The van der Waals surface area contributed by atoms with Crippen molar-refractivity contribution >= 4 is 49.6 Å². The lowest BCUT2D eigenvalue weighted by atomic mass is 10.0. The molecule has 0 aromatic heterocycles. The summed E-state index contributed by atoms with van der Waals surface area (Å²) in [6, 6.07) is 7.07.